The van der Waals surface area contributed by atoms with Gasteiger partial charge in [0.15, 0.2) is 0 Å². The first kappa shape index (κ1) is 10.5. The van der Waals surface area contributed by atoms with Crippen LogP contribution >= 0.6 is 0 Å². The van der Waals surface area contributed by atoms with Gasteiger partial charge in [0.25, 0.3) is 0 Å². The second-order valence-electron chi connectivity index (χ2n) is 3.86. The van der Waals surface area contributed by atoms with E-state index in [0.29, 0.717) is 11.5 Å². The SMILES string of the molecule is Nc1cccc(-n2nnc(-c3ccccc3)n2)c1. The zero-order valence-electron chi connectivity index (χ0n) is 9.56. The van der Waals surface area contributed by atoms with Crippen LogP contribution in [0.3, 0.4) is 0 Å². The number of nitrogens with zero attached hydrogens (tertiary/aromatic N) is 4. The predicted octanol–water partition coefficient (Wildman–Crippen LogP) is 1.91. The molecule has 0 amide bonds. The van der Waals surface area contributed by atoms with Crippen LogP contribution in [-0.4, -0.2) is 20.2 Å². The standard InChI is InChI=1S/C13H11N5/c14-11-7-4-8-12(9-11)18-16-13(15-17-18)10-5-2-1-3-6-10/h1-9H,14H2. The minimum Gasteiger partial charge on any atom is -0.399 e. The monoisotopic (exact) mass is 237 g/mol. The third-order valence-electron chi connectivity index (χ3n) is 2.55. The molecule has 5 nitrogen and oxygen atoms in total. The van der Waals surface area contributed by atoms with E-state index in [1.54, 1.807) is 6.07 Å². The summed E-state index contributed by atoms with van der Waals surface area (Å²) in [5.41, 5.74) is 8.13. The van der Waals surface area contributed by atoms with Crippen LogP contribution in [-0.2, 0) is 0 Å². The van der Waals surface area contributed by atoms with E-state index in [2.05, 4.69) is 15.4 Å². The number of hydrogen-bond donors (Lipinski definition) is 1. The molecule has 0 radical (unpaired) electrons. The van der Waals surface area contributed by atoms with Gasteiger partial charge in [0, 0.05) is 11.3 Å². The molecular weight excluding hydrogens is 226 g/mol. The van der Waals surface area contributed by atoms with Gasteiger partial charge < -0.3 is 5.73 Å². The summed E-state index contributed by atoms with van der Waals surface area (Å²) >= 11 is 0. The highest BCUT2D eigenvalue weighted by Crippen LogP contribution is 2.14. The molecule has 3 rings (SSSR count). The number of tetrazole rings is 1. The van der Waals surface area contributed by atoms with E-state index in [0.717, 1.165) is 11.3 Å². The summed E-state index contributed by atoms with van der Waals surface area (Å²) in [4.78, 5) is 1.47. The van der Waals surface area contributed by atoms with Gasteiger partial charge in [-0.25, -0.2) is 0 Å². The molecule has 0 aliphatic rings. The molecule has 1 heterocycles. The molecule has 0 aliphatic heterocycles. The van der Waals surface area contributed by atoms with Crippen molar-refractivity contribution in [2.45, 2.75) is 0 Å². The fourth-order valence-electron chi connectivity index (χ4n) is 1.68. The molecule has 2 aromatic carbocycles. The minimum absolute atomic E-state index is 0.595. The van der Waals surface area contributed by atoms with Crippen molar-refractivity contribution in [1.82, 2.24) is 20.2 Å². The average Bonchev–Trinajstić information content (AvgIpc) is 2.89. The summed E-state index contributed by atoms with van der Waals surface area (Å²) in [6, 6.07) is 17.1. The smallest absolute Gasteiger partial charge is 0.205 e. The normalized spacial score (nSPS) is 10.4. The van der Waals surface area contributed by atoms with Gasteiger partial charge in [-0.2, -0.15) is 0 Å². The summed E-state index contributed by atoms with van der Waals surface area (Å²) in [7, 11) is 0. The molecule has 0 fully saturated rings. The molecule has 3 aromatic rings. The molecule has 0 spiro atoms. The Morgan fingerprint density at radius 1 is 0.944 bits per heavy atom. The molecule has 0 atom stereocenters. The van der Waals surface area contributed by atoms with E-state index < -0.39 is 0 Å². The number of nitrogens with two attached hydrogens (primary N) is 1. The van der Waals surface area contributed by atoms with Gasteiger partial charge in [-0.1, -0.05) is 36.4 Å². The summed E-state index contributed by atoms with van der Waals surface area (Å²) < 4.78 is 0. The highest BCUT2D eigenvalue weighted by atomic mass is 15.6. The van der Waals surface area contributed by atoms with Gasteiger partial charge in [-0.05, 0) is 23.4 Å². The molecule has 88 valence electrons. The third-order valence-corrected chi connectivity index (χ3v) is 2.55. The second kappa shape index (κ2) is 4.29. The number of hydrogen-bond acceptors (Lipinski definition) is 4. The van der Waals surface area contributed by atoms with Crippen LogP contribution < -0.4 is 5.73 Å². The first-order chi connectivity index (χ1) is 8.83. The van der Waals surface area contributed by atoms with Gasteiger partial charge in [-0.3, -0.25) is 0 Å². The van der Waals surface area contributed by atoms with Crippen LogP contribution in [0.5, 0.6) is 0 Å². The molecule has 1 aromatic heterocycles. The van der Waals surface area contributed by atoms with Crippen molar-refractivity contribution in [1.29, 1.82) is 0 Å². The summed E-state index contributed by atoms with van der Waals surface area (Å²) in [6.45, 7) is 0. The lowest BCUT2D eigenvalue weighted by atomic mass is 10.2. The van der Waals surface area contributed by atoms with Crippen LogP contribution in [0.2, 0.25) is 0 Å². The number of benzene rings is 2. The molecule has 2 N–H and O–H groups in total. The lowest BCUT2D eigenvalue weighted by molar-refractivity contribution is 0.720. The van der Waals surface area contributed by atoms with E-state index in [1.807, 2.05) is 48.5 Å². The number of aromatic nitrogens is 4. The van der Waals surface area contributed by atoms with Crippen LogP contribution in [0, 0.1) is 0 Å². The first-order valence-corrected chi connectivity index (χ1v) is 5.54. The summed E-state index contributed by atoms with van der Waals surface area (Å²) in [6.07, 6.45) is 0. The van der Waals surface area contributed by atoms with E-state index in [4.69, 9.17) is 5.73 Å². The van der Waals surface area contributed by atoms with E-state index in [-0.39, 0.29) is 0 Å². The predicted molar refractivity (Wildman–Crippen MR) is 69.0 cm³/mol. The van der Waals surface area contributed by atoms with Crippen molar-refractivity contribution in [2.75, 3.05) is 5.73 Å². The molecule has 0 saturated carbocycles. The van der Waals surface area contributed by atoms with E-state index >= 15 is 0 Å². The summed E-state index contributed by atoms with van der Waals surface area (Å²) in [5.74, 6) is 0.595. The third kappa shape index (κ3) is 1.93. The van der Waals surface area contributed by atoms with Crippen LogP contribution in [0.15, 0.2) is 54.6 Å². The summed E-state index contributed by atoms with van der Waals surface area (Å²) in [5, 5.41) is 12.4. The van der Waals surface area contributed by atoms with Crippen molar-refractivity contribution >= 4 is 5.69 Å². The maximum atomic E-state index is 5.72. The fraction of sp³-hybridized carbons (Fsp3) is 0. The lowest BCUT2D eigenvalue weighted by Crippen LogP contribution is -1.99. The maximum Gasteiger partial charge on any atom is 0.205 e. The Labute approximate surface area is 104 Å². The Morgan fingerprint density at radius 3 is 2.56 bits per heavy atom. The quantitative estimate of drug-likeness (QED) is 0.691. The van der Waals surface area contributed by atoms with Crippen molar-refractivity contribution in [3.63, 3.8) is 0 Å². The van der Waals surface area contributed by atoms with Crippen molar-refractivity contribution in [2.24, 2.45) is 0 Å². The molecule has 0 unspecified atom stereocenters. The Hall–Kier alpha value is -2.69. The Balaban J connectivity index is 2.00. The van der Waals surface area contributed by atoms with Gasteiger partial charge >= 0.3 is 0 Å². The first-order valence-electron chi connectivity index (χ1n) is 5.54. The van der Waals surface area contributed by atoms with Gasteiger partial charge in [0.05, 0.1) is 5.69 Å². The van der Waals surface area contributed by atoms with E-state index in [9.17, 15) is 0 Å². The molecule has 0 saturated heterocycles. The van der Waals surface area contributed by atoms with Crippen LogP contribution in [0.1, 0.15) is 0 Å². The Morgan fingerprint density at radius 2 is 1.78 bits per heavy atom. The zero-order valence-corrected chi connectivity index (χ0v) is 9.56. The Bertz CT molecular complexity index is 660. The van der Waals surface area contributed by atoms with Crippen molar-refractivity contribution < 1.29 is 0 Å². The van der Waals surface area contributed by atoms with Crippen LogP contribution in [0.4, 0.5) is 5.69 Å². The highest BCUT2D eigenvalue weighted by molar-refractivity contribution is 5.53. The number of anilines is 1. The van der Waals surface area contributed by atoms with Crippen molar-refractivity contribution in [3.8, 4) is 17.1 Å². The fourth-order valence-corrected chi connectivity index (χ4v) is 1.68. The zero-order chi connectivity index (χ0) is 12.4. The maximum absolute atomic E-state index is 5.72. The number of nitrogen functional groups attached to an aromatic ring is 1. The van der Waals surface area contributed by atoms with Gasteiger partial charge in [-0.15, -0.1) is 15.0 Å². The number of rotatable bonds is 2. The average molecular weight is 237 g/mol. The Kier molecular flexibility index (Phi) is 2.49. The van der Waals surface area contributed by atoms with Gasteiger partial charge in [0.2, 0.25) is 5.82 Å². The van der Waals surface area contributed by atoms with Crippen molar-refractivity contribution in [3.05, 3.63) is 54.6 Å². The van der Waals surface area contributed by atoms with Crippen LogP contribution in [0.25, 0.3) is 17.1 Å². The molecule has 0 aliphatic carbocycles. The second-order valence-corrected chi connectivity index (χ2v) is 3.86. The largest absolute Gasteiger partial charge is 0.399 e. The molecule has 5 heteroatoms. The topological polar surface area (TPSA) is 69.6 Å². The van der Waals surface area contributed by atoms with E-state index in [1.165, 1.54) is 4.80 Å². The lowest BCUT2D eigenvalue weighted by Gasteiger charge is -1.98. The minimum atomic E-state index is 0.595. The molecular formula is C13H11N5. The highest BCUT2D eigenvalue weighted by Gasteiger charge is 2.06. The molecule has 18 heavy (non-hydrogen) atoms. The molecule has 0 bridgehead atoms. The van der Waals surface area contributed by atoms with Gasteiger partial charge in [0.1, 0.15) is 0 Å².